The van der Waals surface area contributed by atoms with Gasteiger partial charge in [-0.1, -0.05) is 18.2 Å². The van der Waals surface area contributed by atoms with Crippen LogP contribution in [0.15, 0.2) is 18.2 Å². The van der Waals surface area contributed by atoms with Crippen molar-refractivity contribution >= 4 is 5.78 Å². The van der Waals surface area contributed by atoms with Crippen molar-refractivity contribution in [2.45, 2.75) is 20.3 Å². The highest BCUT2D eigenvalue weighted by Gasteiger charge is 2.14. The van der Waals surface area contributed by atoms with E-state index >= 15 is 0 Å². The van der Waals surface area contributed by atoms with Crippen LogP contribution in [0.4, 0.5) is 8.78 Å². The molecule has 0 saturated heterocycles. The first kappa shape index (κ1) is 9.84. The fraction of sp³-hybridized carbons (Fsp3) is 0.300. The summed E-state index contributed by atoms with van der Waals surface area (Å²) < 4.78 is 24.7. The molecule has 0 N–H and O–H groups in total. The van der Waals surface area contributed by atoms with E-state index in [9.17, 15) is 13.6 Å². The molecule has 0 bridgehead atoms. The SMILES string of the molecule is CC(=O)c1cccc(C(F)F)c1C. The Kier molecular flexibility index (Phi) is 2.76. The number of alkyl halides is 2. The van der Waals surface area contributed by atoms with E-state index in [1.54, 1.807) is 6.07 Å². The van der Waals surface area contributed by atoms with Gasteiger partial charge in [0.05, 0.1) is 0 Å². The summed E-state index contributed by atoms with van der Waals surface area (Å²) in [6.07, 6.45) is -2.51. The average molecular weight is 184 g/mol. The molecule has 0 unspecified atom stereocenters. The molecule has 13 heavy (non-hydrogen) atoms. The number of halogens is 2. The van der Waals surface area contributed by atoms with Gasteiger partial charge in [0.25, 0.3) is 6.43 Å². The molecule has 0 aromatic heterocycles. The zero-order chi connectivity index (χ0) is 10.0. The Balaban J connectivity index is 3.26. The number of hydrogen-bond acceptors (Lipinski definition) is 1. The standard InChI is InChI=1S/C10H10F2O/c1-6-8(7(2)13)4-3-5-9(6)10(11)12/h3-5,10H,1-2H3. The lowest BCUT2D eigenvalue weighted by Crippen LogP contribution is -2.00. The third-order valence-electron chi connectivity index (χ3n) is 1.99. The molecule has 1 aromatic carbocycles. The van der Waals surface area contributed by atoms with Crippen molar-refractivity contribution in [1.82, 2.24) is 0 Å². The Hall–Kier alpha value is -1.25. The van der Waals surface area contributed by atoms with Crippen LogP contribution in [0.5, 0.6) is 0 Å². The number of rotatable bonds is 2. The van der Waals surface area contributed by atoms with E-state index in [1.807, 2.05) is 0 Å². The zero-order valence-corrected chi connectivity index (χ0v) is 7.47. The maximum absolute atomic E-state index is 12.4. The maximum atomic E-state index is 12.4. The number of hydrogen-bond donors (Lipinski definition) is 0. The van der Waals surface area contributed by atoms with Crippen molar-refractivity contribution in [2.24, 2.45) is 0 Å². The molecular formula is C10H10F2O. The number of Topliss-reactive ketones (excluding diaryl/α,β-unsaturated/α-hetero) is 1. The highest BCUT2D eigenvalue weighted by atomic mass is 19.3. The second-order valence-electron chi connectivity index (χ2n) is 2.88. The van der Waals surface area contributed by atoms with E-state index in [4.69, 9.17) is 0 Å². The van der Waals surface area contributed by atoms with Gasteiger partial charge in [-0.2, -0.15) is 0 Å². The predicted molar refractivity (Wildman–Crippen MR) is 46.1 cm³/mol. The molecule has 0 atom stereocenters. The molecule has 1 nitrogen and oxygen atoms in total. The van der Waals surface area contributed by atoms with Crippen molar-refractivity contribution in [1.29, 1.82) is 0 Å². The van der Waals surface area contributed by atoms with E-state index in [-0.39, 0.29) is 11.3 Å². The van der Waals surface area contributed by atoms with Gasteiger partial charge in [-0.15, -0.1) is 0 Å². The van der Waals surface area contributed by atoms with E-state index in [1.165, 1.54) is 26.0 Å². The smallest absolute Gasteiger partial charge is 0.264 e. The van der Waals surface area contributed by atoms with Crippen LogP contribution in [0.25, 0.3) is 0 Å². The minimum Gasteiger partial charge on any atom is -0.295 e. The van der Waals surface area contributed by atoms with Gasteiger partial charge in [-0.25, -0.2) is 8.78 Å². The number of carbonyl (C=O) groups excluding carboxylic acids is 1. The van der Waals surface area contributed by atoms with Crippen molar-refractivity contribution in [3.63, 3.8) is 0 Å². The zero-order valence-electron chi connectivity index (χ0n) is 7.47. The third-order valence-corrected chi connectivity index (χ3v) is 1.99. The molecule has 0 fully saturated rings. The van der Waals surface area contributed by atoms with Crippen LogP contribution >= 0.6 is 0 Å². The normalized spacial score (nSPS) is 10.5. The highest BCUT2D eigenvalue weighted by molar-refractivity contribution is 5.95. The minimum absolute atomic E-state index is 0.0623. The first-order valence-corrected chi connectivity index (χ1v) is 3.92. The Labute approximate surface area is 75.4 Å². The molecule has 3 heteroatoms. The Morgan fingerprint density at radius 1 is 1.38 bits per heavy atom. The number of ketones is 1. The second-order valence-corrected chi connectivity index (χ2v) is 2.88. The lowest BCUT2D eigenvalue weighted by Gasteiger charge is -2.07. The van der Waals surface area contributed by atoms with E-state index in [2.05, 4.69) is 0 Å². The first-order chi connectivity index (χ1) is 6.04. The number of carbonyl (C=O) groups is 1. The van der Waals surface area contributed by atoms with Crippen LogP contribution in [0.1, 0.15) is 34.8 Å². The molecule has 1 aromatic rings. The molecule has 0 aliphatic heterocycles. The van der Waals surface area contributed by atoms with Crippen molar-refractivity contribution in [3.8, 4) is 0 Å². The lowest BCUT2D eigenvalue weighted by atomic mass is 10.0. The van der Waals surface area contributed by atoms with Gasteiger partial charge in [0.2, 0.25) is 0 Å². The van der Waals surface area contributed by atoms with Gasteiger partial charge in [-0.3, -0.25) is 4.79 Å². The fourth-order valence-electron chi connectivity index (χ4n) is 1.27. The summed E-state index contributed by atoms with van der Waals surface area (Å²) in [4.78, 5) is 11.0. The van der Waals surface area contributed by atoms with Gasteiger partial charge in [0, 0.05) is 11.1 Å². The predicted octanol–water partition coefficient (Wildman–Crippen LogP) is 3.14. The maximum Gasteiger partial charge on any atom is 0.264 e. The van der Waals surface area contributed by atoms with Crippen LogP contribution in [-0.2, 0) is 0 Å². The van der Waals surface area contributed by atoms with E-state index < -0.39 is 6.43 Å². The minimum atomic E-state index is -2.51. The van der Waals surface area contributed by atoms with Gasteiger partial charge in [0.1, 0.15) is 0 Å². The average Bonchev–Trinajstić information content (AvgIpc) is 2.03. The molecule has 0 heterocycles. The number of benzene rings is 1. The van der Waals surface area contributed by atoms with Gasteiger partial charge < -0.3 is 0 Å². The van der Waals surface area contributed by atoms with Crippen LogP contribution in [-0.4, -0.2) is 5.78 Å². The van der Waals surface area contributed by atoms with Crippen LogP contribution in [0.2, 0.25) is 0 Å². The van der Waals surface area contributed by atoms with Crippen LogP contribution < -0.4 is 0 Å². The first-order valence-electron chi connectivity index (χ1n) is 3.92. The summed E-state index contributed by atoms with van der Waals surface area (Å²) in [5.41, 5.74) is 0.690. The molecular weight excluding hydrogens is 174 g/mol. The summed E-state index contributed by atoms with van der Waals surface area (Å²) in [5.74, 6) is -0.181. The van der Waals surface area contributed by atoms with Gasteiger partial charge in [0.15, 0.2) is 5.78 Å². The fourth-order valence-corrected chi connectivity index (χ4v) is 1.27. The quantitative estimate of drug-likeness (QED) is 0.645. The van der Waals surface area contributed by atoms with Gasteiger partial charge >= 0.3 is 0 Å². The Morgan fingerprint density at radius 2 is 2.00 bits per heavy atom. The second kappa shape index (κ2) is 3.64. The summed E-state index contributed by atoms with van der Waals surface area (Å²) >= 11 is 0. The Morgan fingerprint density at radius 3 is 2.46 bits per heavy atom. The molecule has 0 saturated carbocycles. The summed E-state index contributed by atoms with van der Waals surface area (Å²) in [6.45, 7) is 2.91. The third kappa shape index (κ3) is 1.91. The van der Waals surface area contributed by atoms with E-state index in [0.717, 1.165) is 0 Å². The van der Waals surface area contributed by atoms with Crippen molar-refractivity contribution in [3.05, 3.63) is 34.9 Å². The monoisotopic (exact) mass is 184 g/mol. The summed E-state index contributed by atoms with van der Waals surface area (Å²) in [7, 11) is 0. The summed E-state index contributed by atoms with van der Waals surface area (Å²) in [5, 5.41) is 0. The molecule has 0 aliphatic rings. The lowest BCUT2D eigenvalue weighted by molar-refractivity contribution is 0.101. The van der Waals surface area contributed by atoms with Crippen LogP contribution in [0, 0.1) is 6.92 Å². The molecule has 0 spiro atoms. The molecule has 70 valence electrons. The molecule has 0 radical (unpaired) electrons. The van der Waals surface area contributed by atoms with Crippen molar-refractivity contribution < 1.29 is 13.6 Å². The molecule has 0 amide bonds. The van der Waals surface area contributed by atoms with E-state index in [0.29, 0.717) is 11.1 Å². The van der Waals surface area contributed by atoms with Gasteiger partial charge in [-0.05, 0) is 19.4 Å². The largest absolute Gasteiger partial charge is 0.295 e. The van der Waals surface area contributed by atoms with Crippen LogP contribution in [0.3, 0.4) is 0 Å². The highest BCUT2D eigenvalue weighted by Crippen LogP contribution is 2.24. The molecule has 1 rings (SSSR count). The molecule has 0 aliphatic carbocycles. The topological polar surface area (TPSA) is 17.1 Å². The van der Waals surface area contributed by atoms with Crippen molar-refractivity contribution in [2.75, 3.05) is 0 Å². The Bertz CT molecular complexity index is 332. The summed E-state index contributed by atoms with van der Waals surface area (Å²) in [6, 6.07) is 4.38.